The number of hydrogen-bond donors (Lipinski definition) is 3. The molecule has 0 bridgehead atoms. The zero-order valence-corrected chi connectivity index (χ0v) is 16.2. The molecule has 0 aliphatic rings. The van der Waals surface area contributed by atoms with Crippen LogP contribution in [-0.2, 0) is 24.3 Å². The summed E-state index contributed by atoms with van der Waals surface area (Å²) in [4.78, 5) is 16.7. The first-order chi connectivity index (χ1) is 14.2. The minimum atomic E-state index is -0.889. The summed E-state index contributed by atoms with van der Waals surface area (Å²) in [6, 6.07) is 17.0. The Balaban J connectivity index is 1.55. The van der Waals surface area contributed by atoms with E-state index < -0.39 is 12.0 Å². The first kappa shape index (κ1) is 18.9. The predicted octanol–water partition coefficient (Wildman–Crippen LogP) is 3.23. The van der Waals surface area contributed by atoms with Gasteiger partial charge in [-0.15, -0.1) is 0 Å². The van der Waals surface area contributed by atoms with Gasteiger partial charge < -0.3 is 10.1 Å². The summed E-state index contributed by atoms with van der Waals surface area (Å²) in [7, 11) is 0. The van der Waals surface area contributed by atoms with Gasteiger partial charge in [0.15, 0.2) is 0 Å². The molecule has 0 aliphatic heterocycles. The molecule has 0 saturated heterocycles. The van der Waals surface area contributed by atoms with Crippen molar-refractivity contribution in [3.05, 3.63) is 72.1 Å². The Kier molecular flexibility index (Phi) is 5.39. The molecule has 4 rings (SSSR count). The number of carbonyl (C=O) groups is 1. The summed E-state index contributed by atoms with van der Waals surface area (Å²) in [5, 5.41) is 23.0. The summed E-state index contributed by atoms with van der Waals surface area (Å²) in [5.41, 5.74) is 4.46. The standard InChI is InChI=1S/C22H23N5O2/c1-2-27-25-20(21(26-27)15-8-4-3-5-9-15)14-24-19(22(28)29)12-16-13-23-18-11-7-6-10-17(16)18/h3-11,13,19,23-24H,2,12,14H2,1H3,(H,28,29)/t19-/m0/s1. The number of H-pyrrole nitrogens is 1. The molecule has 7 heteroatoms. The molecule has 0 aliphatic carbocycles. The molecule has 0 unspecified atom stereocenters. The topological polar surface area (TPSA) is 95.8 Å². The minimum absolute atomic E-state index is 0.323. The molecule has 7 nitrogen and oxygen atoms in total. The van der Waals surface area contributed by atoms with Crippen molar-refractivity contribution in [1.29, 1.82) is 0 Å². The summed E-state index contributed by atoms with van der Waals surface area (Å²) in [5.74, 6) is -0.889. The van der Waals surface area contributed by atoms with Crippen LogP contribution in [-0.4, -0.2) is 37.1 Å². The summed E-state index contributed by atoms with van der Waals surface area (Å²) in [6.07, 6.45) is 2.26. The van der Waals surface area contributed by atoms with Crippen LogP contribution in [0.1, 0.15) is 18.2 Å². The highest BCUT2D eigenvalue weighted by atomic mass is 16.4. The quantitative estimate of drug-likeness (QED) is 0.430. The average Bonchev–Trinajstić information content (AvgIpc) is 3.35. The SMILES string of the molecule is CCn1nc(CN[C@@H](Cc2c[nH]c3ccccc23)C(=O)O)c(-c2ccccc2)n1. The van der Waals surface area contributed by atoms with E-state index in [9.17, 15) is 9.90 Å². The Morgan fingerprint density at radius 3 is 2.66 bits per heavy atom. The van der Waals surface area contributed by atoms with Gasteiger partial charge in [0, 0.05) is 35.6 Å². The van der Waals surface area contributed by atoms with Gasteiger partial charge in [-0.25, -0.2) is 0 Å². The van der Waals surface area contributed by atoms with Crippen molar-refractivity contribution in [3.63, 3.8) is 0 Å². The number of hydrogen-bond acceptors (Lipinski definition) is 4. The van der Waals surface area contributed by atoms with Crippen molar-refractivity contribution < 1.29 is 9.90 Å². The van der Waals surface area contributed by atoms with Crippen LogP contribution in [0.4, 0.5) is 0 Å². The number of fused-ring (bicyclic) bond motifs is 1. The maximum absolute atomic E-state index is 11.9. The number of benzene rings is 2. The zero-order chi connectivity index (χ0) is 20.2. The van der Waals surface area contributed by atoms with Gasteiger partial charge in [0.05, 0.1) is 6.54 Å². The van der Waals surface area contributed by atoms with E-state index in [1.807, 2.05) is 67.7 Å². The molecule has 0 amide bonds. The molecular weight excluding hydrogens is 366 g/mol. The van der Waals surface area contributed by atoms with Gasteiger partial charge in [0.1, 0.15) is 17.4 Å². The van der Waals surface area contributed by atoms with Crippen molar-refractivity contribution in [1.82, 2.24) is 25.3 Å². The van der Waals surface area contributed by atoms with E-state index in [0.29, 0.717) is 19.5 Å². The second-order valence-corrected chi connectivity index (χ2v) is 6.89. The van der Waals surface area contributed by atoms with E-state index in [-0.39, 0.29) is 0 Å². The van der Waals surface area contributed by atoms with Crippen molar-refractivity contribution >= 4 is 16.9 Å². The monoisotopic (exact) mass is 389 g/mol. The molecule has 1 atom stereocenters. The number of para-hydroxylation sites is 1. The predicted molar refractivity (Wildman–Crippen MR) is 111 cm³/mol. The molecule has 2 aromatic heterocycles. The summed E-state index contributed by atoms with van der Waals surface area (Å²) >= 11 is 0. The Labute approximate surface area is 168 Å². The lowest BCUT2D eigenvalue weighted by molar-refractivity contribution is -0.139. The van der Waals surface area contributed by atoms with Gasteiger partial charge in [-0.05, 0) is 18.6 Å². The van der Waals surface area contributed by atoms with Gasteiger partial charge in [0.25, 0.3) is 0 Å². The molecule has 0 spiro atoms. The van der Waals surface area contributed by atoms with Crippen molar-refractivity contribution in [2.75, 3.05) is 0 Å². The number of aryl methyl sites for hydroxylation is 1. The fraction of sp³-hybridized carbons (Fsp3) is 0.227. The van der Waals surface area contributed by atoms with Gasteiger partial charge in [-0.3, -0.25) is 10.1 Å². The van der Waals surface area contributed by atoms with Crippen LogP contribution < -0.4 is 5.32 Å². The van der Waals surface area contributed by atoms with Crippen LogP contribution in [0.5, 0.6) is 0 Å². The van der Waals surface area contributed by atoms with E-state index in [1.54, 1.807) is 4.80 Å². The summed E-state index contributed by atoms with van der Waals surface area (Å²) < 4.78 is 0. The fourth-order valence-corrected chi connectivity index (χ4v) is 3.45. The van der Waals surface area contributed by atoms with E-state index in [0.717, 1.165) is 33.4 Å². The van der Waals surface area contributed by atoms with E-state index in [2.05, 4.69) is 20.5 Å². The molecular formula is C22H23N5O2. The molecule has 3 N–H and O–H groups in total. The van der Waals surface area contributed by atoms with Gasteiger partial charge in [-0.2, -0.15) is 15.0 Å². The normalized spacial score (nSPS) is 12.3. The first-order valence-corrected chi connectivity index (χ1v) is 9.66. The van der Waals surface area contributed by atoms with E-state index in [1.165, 1.54) is 0 Å². The lowest BCUT2D eigenvalue weighted by Crippen LogP contribution is -2.38. The molecule has 29 heavy (non-hydrogen) atoms. The average molecular weight is 389 g/mol. The smallest absolute Gasteiger partial charge is 0.321 e. The number of aromatic nitrogens is 4. The van der Waals surface area contributed by atoms with Crippen LogP contribution in [0, 0.1) is 0 Å². The van der Waals surface area contributed by atoms with Crippen molar-refractivity contribution in [2.45, 2.75) is 32.5 Å². The number of nitrogens with zero attached hydrogens (tertiary/aromatic N) is 3. The highest BCUT2D eigenvalue weighted by Crippen LogP contribution is 2.21. The molecule has 148 valence electrons. The number of nitrogens with one attached hydrogen (secondary N) is 2. The third kappa shape index (κ3) is 4.05. The lowest BCUT2D eigenvalue weighted by atomic mass is 10.0. The van der Waals surface area contributed by atoms with E-state index in [4.69, 9.17) is 0 Å². The zero-order valence-electron chi connectivity index (χ0n) is 16.2. The minimum Gasteiger partial charge on any atom is -0.480 e. The molecule has 0 saturated carbocycles. The highest BCUT2D eigenvalue weighted by molar-refractivity contribution is 5.84. The van der Waals surface area contributed by atoms with Crippen LogP contribution >= 0.6 is 0 Å². The largest absolute Gasteiger partial charge is 0.480 e. The number of aliphatic carboxylic acids is 1. The van der Waals surface area contributed by atoms with Crippen LogP contribution in [0.25, 0.3) is 22.2 Å². The van der Waals surface area contributed by atoms with Crippen molar-refractivity contribution in [3.8, 4) is 11.3 Å². The lowest BCUT2D eigenvalue weighted by Gasteiger charge is -2.13. The van der Waals surface area contributed by atoms with E-state index >= 15 is 0 Å². The molecule has 0 radical (unpaired) electrons. The molecule has 0 fully saturated rings. The molecule has 2 aromatic carbocycles. The third-order valence-electron chi connectivity index (χ3n) is 4.97. The van der Waals surface area contributed by atoms with Crippen molar-refractivity contribution in [2.24, 2.45) is 0 Å². The van der Waals surface area contributed by atoms with Gasteiger partial charge >= 0.3 is 5.97 Å². The third-order valence-corrected chi connectivity index (χ3v) is 4.97. The van der Waals surface area contributed by atoms with Gasteiger partial charge in [-0.1, -0.05) is 48.5 Å². The van der Waals surface area contributed by atoms with Gasteiger partial charge in [0.2, 0.25) is 0 Å². The second kappa shape index (κ2) is 8.28. The number of aromatic amines is 1. The first-order valence-electron chi connectivity index (χ1n) is 9.66. The maximum atomic E-state index is 11.9. The molecule has 2 heterocycles. The fourth-order valence-electron chi connectivity index (χ4n) is 3.45. The highest BCUT2D eigenvalue weighted by Gasteiger charge is 2.21. The Morgan fingerprint density at radius 1 is 1.14 bits per heavy atom. The summed E-state index contributed by atoms with van der Waals surface area (Å²) in [6.45, 7) is 2.95. The Bertz CT molecular complexity index is 1120. The Morgan fingerprint density at radius 2 is 1.90 bits per heavy atom. The van der Waals surface area contributed by atoms with Crippen LogP contribution in [0.3, 0.4) is 0 Å². The maximum Gasteiger partial charge on any atom is 0.321 e. The Hall–Kier alpha value is -3.45. The number of carboxylic acid groups (broad SMARTS) is 1. The number of carboxylic acids is 1. The second-order valence-electron chi connectivity index (χ2n) is 6.89. The number of rotatable bonds is 8. The van der Waals surface area contributed by atoms with Crippen LogP contribution in [0.15, 0.2) is 60.8 Å². The van der Waals surface area contributed by atoms with Crippen LogP contribution in [0.2, 0.25) is 0 Å². The molecule has 4 aromatic rings.